The predicted octanol–water partition coefficient (Wildman–Crippen LogP) is 2.70. The van der Waals surface area contributed by atoms with Gasteiger partial charge >= 0.3 is 0 Å². The van der Waals surface area contributed by atoms with Crippen LogP contribution in [0.1, 0.15) is 50.8 Å². The fraction of sp³-hybridized carbons (Fsp3) is 0.714. The Morgan fingerprint density at radius 3 is 2.67 bits per heavy atom. The van der Waals surface area contributed by atoms with Gasteiger partial charge in [-0.05, 0) is 24.7 Å². The molecule has 4 heteroatoms. The van der Waals surface area contributed by atoms with Gasteiger partial charge in [-0.25, -0.2) is 9.97 Å². The van der Waals surface area contributed by atoms with Gasteiger partial charge in [0.15, 0.2) is 0 Å². The number of aromatic nitrogens is 2. The Kier molecular flexibility index (Phi) is 4.53. The van der Waals surface area contributed by atoms with Crippen LogP contribution >= 0.6 is 0 Å². The van der Waals surface area contributed by atoms with Crippen LogP contribution in [0.25, 0.3) is 0 Å². The van der Waals surface area contributed by atoms with E-state index in [1.54, 1.807) is 7.11 Å². The van der Waals surface area contributed by atoms with Crippen LogP contribution in [0.15, 0.2) is 12.4 Å². The molecular formula is C14H23N3O. The summed E-state index contributed by atoms with van der Waals surface area (Å²) in [6.45, 7) is 2.28. The molecule has 1 saturated carbocycles. The summed E-state index contributed by atoms with van der Waals surface area (Å²) in [7, 11) is 1.62. The number of nitrogens with zero attached hydrogens (tertiary/aromatic N) is 2. The van der Waals surface area contributed by atoms with Gasteiger partial charge in [0.2, 0.25) is 5.88 Å². The Bertz CT molecular complexity index is 375. The zero-order chi connectivity index (χ0) is 13.0. The first-order chi connectivity index (χ1) is 8.74. The van der Waals surface area contributed by atoms with Gasteiger partial charge in [0.1, 0.15) is 6.33 Å². The second kappa shape index (κ2) is 6.14. The number of hydrogen-bond donors (Lipinski definition) is 1. The van der Waals surface area contributed by atoms with E-state index < -0.39 is 0 Å². The lowest BCUT2D eigenvalue weighted by atomic mass is 9.77. The highest BCUT2D eigenvalue weighted by molar-refractivity contribution is 5.17. The molecule has 2 rings (SSSR count). The van der Waals surface area contributed by atoms with Gasteiger partial charge in [-0.15, -0.1) is 0 Å². The van der Waals surface area contributed by atoms with Crippen LogP contribution in [-0.4, -0.2) is 17.1 Å². The molecule has 4 nitrogen and oxygen atoms in total. The number of hydrogen-bond acceptors (Lipinski definition) is 4. The largest absolute Gasteiger partial charge is 0.481 e. The minimum atomic E-state index is 0.0136. The average molecular weight is 249 g/mol. The Morgan fingerprint density at radius 1 is 1.33 bits per heavy atom. The molecule has 2 N–H and O–H groups in total. The number of rotatable bonds is 4. The van der Waals surface area contributed by atoms with Gasteiger partial charge < -0.3 is 10.5 Å². The van der Waals surface area contributed by atoms with Crippen molar-refractivity contribution in [1.29, 1.82) is 0 Å². The third-order valence-corrected chi connectivity index (χ3v) is 4.19. The van der Waals surface area contributed by atoms with E-state index in [9.17, 15) is 0 Å². The summed E-state index contributed by atoms with van der Waals surface area (Å²) < 4.78 is 5.12. The third-order valence-electron chi connectivity index (χ3n) is 4.19. The average Bonchev–Trinajstić information content (AvgIpc) is 2.46. The first-order valence-electron chi connectivity index (χ1n) is 6.86. The van der Waals surface area contributed by atoms with Crippen molar-refractivity contribution in [3.8, 4) is 5.88 Å². The lowest BCUT2D eigenvalue weighted by Gasteiger charge is -2.31. The maximum atomic E-state index is 6.33. The van der Waals surface area contributed by atoms with Gasteiger partial charge in [0, 0.05) is 6.07 Å². The first-order valence-corrected chi connectivity index (χ1v) is 6.86. The van der Waals surface area contributed by atoms with E-state index in [2.05, 4.69) is 16.9 Å². The second-order valence-electron chi connectivity index (χ2n) is 5.20. The minimum absolute atomic E-state index is 0.0136. The van der Waals surface area contributed by atoms with Crippen LogP contribution in [0.2, 0.25) is 0 Å². The summed E-state index contributed by atoms with van der Waals surface area (Å²) in [5.74, 6) is 2.04. The zero-order valence-corrected chi connectivity index (χ0v) is 11.3. The summed E-state index contributed by atoms with van der Waals surface area (Å²) in [6.07, 6.45) is 7.86. The van der Waals surface area contributed by atoms with Crippen molar-refractivity contribution < 1.29 is 4.74 Å². The van der Waals surface area contributed by atoms with Crippen molar-refractivity contribution >= 4 is 0 Å². The number of ether oxygens (including phenoxy) is 1. The van der Waals surface area contributed by atoms with Crippen LogP contribution in [0.3, 0.4) is 0 Å². The summed E-state index contributed by atoms with van der Waals surface area (Å²) in [4.78, 5) is 8.31. The number of methoxy groups -OCH3 is 1. The van der Waals surface area contributed by atoms with E-state index in [1.165, 1.54) is 38.4 Å². The molecule has 1 aromatic heterocycles. The standard InChI is InChI=1S/C14H23N3O/c1-3-10-4-6-11(7-5-10)14(15)12-8-13(18-2)17-9-16-12/h8-11,14H,3-7,15H2,1-2H3. The van der Waals surface area contributed by atoms with Crippen LogP contribution in [0, 0.1) is 11.8 Å². The molecule has 0 aromatic carbocycles. The van der Waals surface area contributed by atoms with Gasteiger partial charge in [-0.1, -0.05) is 26.2 Å². The third kappa shape index (κ3) is 2.99. The maximum Gasteiger partial charge on any atom is 0.216 e. The molecule has 100 valence electrons. The van der Waals surface area contributed by atoms with E-state index in [1.807, 2.05) is 6.07 Å². The quantitative estimate of drug-likeness (QED) is 0.891. The molecule has 1 aliphatic rings. The molecule has 1 atom stereocenters. The van der Waals surface area contributed by atoms with Crippen molar-refractivity contribution in [3.63, 3.8) is 0 Å². The van der Waals surface area contributed by atoms with E-state index in [0.29, 0.717) is 11.8 Å². The fourth-order valence-electron chi connectivity index (χ4n) is 2.84. The van der Waals surface area contributed by atoms with Crippen LogP contribution in [0.4, 0.5) is 0 Å². The molecule has 0 aliphatic heterocycles. The Labute approximate surface area is 109 Å². The normalized spacial score (nSPS) is 25.7. The summed E-state index contributed by atoms with van der Waals surface area (Å²) in [5.41, 5.74) is 7.24. The van der Waals surface area contributed by atoms with Crippen molar-refractivity contribution in [2.24, 2.45) is 17.6 Å². The predicted molar refractivity (Wildman–Crippen MR) is 71.3 cm³/mol. The van der Waals surface area contributed by atoms with E-state index in [-0.39, 0.29) is 6.04 Å². The highest BCUT2D eigenvalue weighted by atomic mass is 16.5. The molecule has 0 amide bonds. The first kappa shape index (κ1) is 13.3. The van der Waals surface area contributed by atoms with Gasteiger partial charge in [0.05, 0.1) is 18.8 Å². The fourth-order valence-corrected chi connectivity index (χ4v) is 2.84. The second-order valence-corrected chi connectivity index (χ2v) is 5.20. The molecule has 0 spiro atoms. The van der Waals surface area contributed by atoms with Crippen molar-refractivity contribution in [3.05, 3.63) is 18.1 Å². The molecule has 18 heavy (non-hydrogen) atoms. The zero-order valence-electron chi connectivity index (χ0n) is 11.3. The summed E-state index contributed by atoms with van der Waals surface area (Å²) >= 11 is 0. The van der Waals surface area contributed by atoms with E-state index >= 15 is 0 Å². The molecule has 1 aliphatic carbocycles. The van der Waals surface area contributed by atoms with Gasteiger partial charge in [-0.2, -0.15) is 0 Å². The minimum Gasteiger partial charge on any atom is -0.481 e. The Morgan fingerprint density at radius 2 is 2.06 bits per heavy atom. The Balaban J connectivity index is 2.00. The van der Waals surface area contributed by atoms with Crippen LogP contribution in [0.5, 0.6) is 5.88 Å². The maximum absolute atomic E-state index is 6.33. The van der Waals surface area contributed by atoms with Crippen molar-refractivity contribution in [2.75, 3.05) is 7.11 Å². The van der Waals surface area contributed by atoms with Crippen molar-refractivity contribution in [2.45, 2.75) is 45.1 Å². The topological polar surface area (TPSA) is 61.0 Å². The monoisotopic (exact) mass is 249 g/mol. The van der Waals surface area contributed by atoms with Gasteiger partial charge in [-0.3, -0.25) is 0 Å². The molecule has 0 radical (unpaired) electrons. The van der Waals surface area contributed by atoms with E-state index in [0.717, 1.165) is 11.6 Å². The molecule has 1 fully saturated rings. The summed E-state index contributed by atoms with van der Waals surface area (Å²) in [6, 6.07) is 1.87. The van der Waals surface area contributed by atoms with Gasteiger partial charge in [0.25, 0.3) is 0 Å². The highest BCUT2D eigenvalue weighted by Gasteiger charge is 2.26. The van der Waals surface area contributed by atoms with Crippen molar-refractivity contribution in [1.82, 2.24) is 9.97 Å². The smallest absolute Gasteiger partial charge is 0.216 e. The van der Waals surface area contributed by atoms with E-state index in [4.69, 9.17) is 10.5 Å². The number of nitrogens with two attached hydrogens (primary N) is 1. The molecule has 0 bridgehead atoms. The SMILES string of the molecule is CCC1CCC(C(N)c2cc(OC)ncn2)CC1. The highest BCUT2D eigenvalue weighted by Crippen LogP contribution is 2.36. The van der Waals surface area contributed by atoms with Crippen LogP contribution < -0.4 is 10.5 Å². The molecular weight excluding hydrogens is 226 g/mol. The lowest BCUT2D eigenvalue weighted by molar-refractivity contribution is 0.237. The molecule has 1 heterocycles. The molecule has 0 saturated heterocycles. The molecule has 1 aromatic rings. The van der Waals surface area contributed by atoms with Crippen LogP contribution in [-0.2, 0) is 0 Å². The molecule has 1 unspecified atom stereocenters. The summed E-state index contributed by atoms with van der Waals surface area (Å²) in [5, 5.41) is 0. The Hall–Kier alpha value is -1.16. The lowest BCUT2D eigenvalue weighted by Crippen LogP contribution is -2.26.